The van der Waals surface area contributed by atoms with Gasteiger partial charge in [0.05, 0.1) is 0 Å². The Balaban J connectivity index is 0.000000201. The van der Waals surface area contributed by atoms with Gasteiger partial charge in [0, 0.05) is 0 Å². The Hall–Kier alpha value is -2.32. The fourth-order valence-electron chi connectivity index (χ4n) is 3.71. The molecule has 4 aromatic carbocycles. The third kappa shape index (κ3) is 5.13. The number of hydrogen-bond acceptors (Lipinski definition) is 0. The summed E-state index contributed by atoms with van der Waals surface area (Å²) in [5.74, 6) is 0. The van der Waals surface area contributed by atoms with E-state index in [0.717, 1.165) is 0 Å². The molecule has 0 unspecified atom stereocenters. The summed E-state index contributed by atoms with van der Waals surface area (Å²) in [6, 6.07) is 33.7. The molecule has 2 aromatic heterocycles. The Labute approximate surface area is 213 Å². The van der Waals surface area contributed by atoms with E-state index in [1.165, 1.54) is 32.9 Å². The molecule has 0 aliphatic heterocycles. The number of hydrogen-bond donors (Lipinski definition) is 0. The quantitative estimate of drug-likeness (QED) is 0.297. The summed E-state index contributed by atoms with van der Waals surface area (Å²) in [5.41, 5.74) is 2.51. The van der Waals surface area contributed by atoms with Crippen LogP contribution in [0.15, 0.2) is 122 Å². The number of aromatic nitrogens is 2. The molecule has 0 fully saturated rings. The SMILES string of the molecule is [Cl-].[Cl-].[Zr+4].c1ccc2c(c1)cc[c-]2-n1cccc1.c1ccc2c(c1)cc[c-]2-n1cccc1. The second-order valence-corrected chi connectivity index (χ2v) is 6.79. The molecule has 0 radical (unpaired) electrons. The van der Waals surface area contributed by atoms with Crippen LogP contribution in [-0.2, 0) is 26.2 Å². The molecule has 0 saturated carbocycles. The third-order valence-corrected chi connectivity index (χ3v) is 5.08. The van der Waals surface area contributed by atoms with Crippen LogP contribution in [0, 0.1) is 0 Å². The Morgan fingerprint density at radius 3 is 1.19 bits per heavy atom. The average molecular weight is 523 g/mol. The van der Waals surface area contributed by atoms with Gasteiger partial charge >= 0.3 is 26.2 Å². The molecule has 0 bridgehead atoms. The van der Waals surface area contributed by atoms with Crippen LogP contribution in [0.4, 0.5) is 0 Å². The third-order valence-electron chi connectivity index (χ3n) is 5.08. The molecule has 31 heavy (non-hydrogen) atoms. The van der Waals surface area contributed by atoms with E-state index < -0.39 is 0 Å². The zero-order valence-electron chi connectivity index (χ0n) is 16.7. The predicted octanol–water partition coefficient (Wildman–Crippen LogP) is 0.704. The standard InChI is InChI=1S/2C13H10N.2ClH.Zr/c2*1-2-6-12-11(5-1)7-8-13(12)14-9-3-4-10-14;;;/h2*1-10H;2*1H;/q2*-1;;;+4/p-2. The summed E-state index contributed by atoms with van der Waals surface area (Å²) in [6.45, 7) is 0. The Morgan fingerprint density at radius 1 is 0.452 bits per heavy atom. The van der Waals surface area contributed by atoms with Crippen molar-refractivity contribution < 1.29 is 51.0 Å². The second kappa shape index (κ2) is 11.3. The molecule has 152 valence electrons. The average Bonchev–Trinajstić information content (AvgIpc) is 3.54. The van der Waals surface area contributed by atoms with Crippen LogP contribution >= 0.6 is 0 Å². The van der Waals surface area contributed by atoms with E-state index >= 15 is 0 Å². The fourth-order valence-corrected chi connectivity index (χ4v) is 3.71. The topological polar surface area (TPSA) is 9.86 Å². The molecule has 6 rings (SSSR count). The van der Waals surface area contributed by atoms with E-state index in [9.17, 15) is 0 Å². The van der Waals surface area contributed by atoms with Crippen LogP contribution in [0.2, 0.25) is 0 Å². The summed E-state index contributed by atoms with van der Waals surface area (Å²) < 4.78 is 4.28. The number of rotatable bonds is 2. The van der Waals surface area contributed by atoms with Gasteiger partial charge in [0.15, 0.2) is 0 Å². The molecule has 0 spiro atoms. The molecule has 0 N–H and O–H groups in total. The van der Waals surface area contributed by atoms with E-state index in [2.05, 4.69) is 107 Å². The summed E-state index contributed by atoms with van der Waals surface area (Å²) >= 11 is 0. The van der Waals surface area contributed by atoms with Crippen LogP contribution in [0.5, 0.6) is 0 Å². The van der Waals surface area contributed by atoms with Crippen LogP contribution in [-0.4, -0.2) is 9.13 Å². The van der Waals surface area contributed by atoms with Crippen molar-refractivity contribution in [3.8, 4) is 11.4 Å². The van der Waals surface area contributed by atoms with E-state index in [1.807, 2.05) is 24.3 Å². The van der Waals surface area contributed by atoms with Crippen LogP contribution in [0.3, 0.4) is 0 Å². The minimum Gasteiger partial charge on any atom is -1.00 e. The summed E-state index contributed by atoms with van der Waals surface area (Å²) in [5, 5.41) is 5.22. The van der Waals surface area contributed by atoms with Gasteiger partial charge in [-0.15, -0.1) is 24.3 Å². The van der Waals surface area contributed by atoms with Crippen molar-refractivity contribution in [2.45, 2.75) is 0 Å². The van der Waals surface area contributed by atoms with Crippen molar-refractivity contribution in [2.75, 3.05) is 0 Å². The van der Waals surface area contributed by atoms with Gasteiger partial charge in [0.25, 0.3) is 0 Å². The van der Waals surface area contributed by atoms with Crippen molar-refractivity contribution in [3.05, 3.63) is 122 Å². The van der Waals surface area contributed by atoms with Crippen molar-refractivity contribution in [3.63, 3.8) is 0 Å². The Morgan fingerprint density at radius 2 is 0.806 bits per heavy atom. The van der Waals surface area contributed by atoms with Crippen molar-refractivity contribution >= 4 is 21.5 Å². The molecule has 0 saturated heterocycles. The minimum atomic E-state index is 0. The number of halogens is 2. The number of nitrogens with zero attached hydrogens (tertiary/aromatic N) is 2. The van der Waals surface area contributed by atoms with Gasteiger partial charge in [-0.3, -0.25) is 0 Å². The zero-order chi connectivity index (χ0) is 18.8. The van der Waals surface area contributed by atoms with Crippen LogP contribution < -0.4 is 24.8 Å². The van der Waals surface area contributed by atoms with Crippen LogP contribution in [0.25, 0.3) is 32.9 Å². The van der Waals surface area contributed by atoms with Crippen molar-refractivity contribution in [1.29, 1.82) is 0 Å². The first-order valence-corrected chi connectivity index (χ1v) is 9.46. The maximum atomic E-state index is 2.16. The molecule has 0 aliphatic rings. The predicted molar refractivity (Wildman–Crippen MR) is 118 cm³/mol. The first-order valence-electron chi connectivity index (χ1n) is 9.46. The van der Waals surface area contributed by atoms with Gasteiger partial charge in [-0.25, -0.2) is 0 Å². The van der Waals surface area contributed by atoms with E-state index in [0.29, 0.717) is 0 Å². The van der Waals surface area contributed by atoms with E-state index in [4.69, 9.17) is 0 Å². The summed E-state index contributed by atoms with van der Waals surface area (Å²) in [7, 11) is 0. The minimum absolute atomic E-state index is 0. The molecular weight excluding hydrogens is 502 g/mol. The number of benzene rings is 2. The molecule has 2 nitrogen and oxygen atoms in total. The maximum absolute atomic E-state index is 2.16. The number of fused-ring (bicyclic) bond motifs is 2. The molecule has 0 aliphatic carbocycles. The smallest absolute Gasteiger partial charge is 1.00 e. The molecule has 2 heterocycles. The monoisotopic (exact) mass is 520 g/mol. The molecule has 0 amide bonds. The zero-order valence-corrected chi connectivity index (χ0v) is 20.7. The first kappa shape index (κ1) is 24.9. The van der Waals surface area contributed by atoms with E-state index in [-0.39, 0.29) is 51.0 Å². The molecule has 6 aromatic rings. The Kier molecular flexibility index (Phi) is 9.13. The van der Waals surface area contributed by atoms with Crippen molar-refractivity contribution in [1.82, 2.24) is 9.13 Å². The Bertz CT molecular complexity index is 1210. The van der Waals surface area contributed by atoms with E-state index in [1.54, 1.807) is 0 Å². The van der Waals surface area contributed by atoms with Gasteiger partial charge in [-0.05, 0) is 36.2 Å². The largest absolute Gasteiger partial charge is 4.00 e. The molecule has 0 atom stereocenters. The van der Waals surface area contributed by atoms with Gasteiger partial charge < -0.3 is 33.9 Å². The van der Waals surface area contributed by atoms with Crippen LogP contribution in [0.1, 0.15) is 0 Å². The van der Waals surface area contributed by atoms with Gasteiger partial charge in [-0.1, -0.05) is 94.3 Å². The van der Waals surface area contributed by atoms with Crippen molar-refractivity contribution in [2.24, 2.45) is 0 Å². The normalized spacial score (nSPS) is 9.81. The summed E-state index contributed by atoms with van der Waals surface area (Å²) in [6.07, 6.45) is 8.28. The fraction of sp³-hybridized carbons (Fsp3) is 0. The first-order chi connectivity index (χ1) is 13.9. The van der Waals surface area contributed by atoms with Gasteiger partial charge in [0.2, 0.25) is 0 Å². The van der Waals surface area contributed by atoms with Gasteiger partial charge in [0.1, 0.15) is 0 Å². The second-order valence-electron chi connectivity index (χ2n) is 6.79. The maximum Gasteiger partial charge on any atom is 4.00 e. The molecule has 5 heteroatoms. The summed E-state index contributed by atoms with van der Waals surface area (Å²) in [4.78, 5) is 0. The molecular formula is C26H20Cl2N2Zr. The van der Waals surface area contributed by atoms with Gasteiger partial charge in [-0.2, -0.15) is 0 Å².